The number of nitrogens with one attached hydrogen (secondary N) is 2. The minimum absolute atomic E-state index is 0.210. The smallest absolute Gasteiger partial charge is 0.257 e. The van der Waals surface area contributed by atoms with Crippen molar-refractivity contribution in [2.24, 2.45) is 0 Å². The zero-order valence-corrected chi connectivity index (χ0v) is 11.7. The standard InChI is InChI=1S/C14H9Cl2N3O/c15-8-1-2-9(11(16)5-8)12-4-3-10(14(20)19-12)13-6-17-7-18-13/h1-7H,(H,17,18)(H,19,20). The highest BCUT2D eigenvalue weighted by molar-refractivity contribution is 6.36. The molecule has 2 N–H and O–H groups in total. The lowest BCUT2D eigenvalue weighted by atomic mass is 10.1. The van der Waals surface area contributed by atoms with Gasteiger partial charge in [0.1, 0.15) is 0 Å². The normalized spacial score (nSPS) is 10.7. The maximum atomic E-state index is 12.1. The third-order valence-corrected chi connectivity index (χ3v) is 3.47. The van der Waals surface area contributed by atoms with E-state index in [4.69, 9.17) is 23.2 Å². The second-order valence-electron chi connectivity index (χ2n) is 4.20. The molecule has 2 heterocycles. The van der Waals surface area contributed by atoms with Gasteiger partial charge in [-0.05, 0) is 30.3 Å². The number of imidazole rings is 1. The SMILES string of the molecule is O=c1[nH]c(-c2ccc(Cl)cc2Cl)ccc1-c1cnc[nH]1. The molecule has 0 unspecified atom stereocenters. The number of pyridine rings is 1. The van der Waals surface area contributed by atoms with Gasteiger partial charge in [-0.1, -0.05) is 23.2 Å². The highest BCUT2D eigenvalue weighted by Gasteiger charge is 2.09. The predicted molar refractivity (Wildman–Crippen MR) is 80.1 cm³/mol. The third-order valence-electron chi connectivity index (χ3n) is 2.92. The van der Waals surface area contributed by atoms with E-state index in [-0.39, 0.29) is 5.56 Å². The van der Waals surface area contributed by atoms with Crippen molar-refractivity contribution in [2.75, 3.05) is 0 Å². The van der Waals surface area contributed by atoms with Crippen molar-refractivity contribution in [2.45, 2.75) is 0 Å². The maximum absolute atomic E-state index is 12.1. The Hall–Kier alpha value is -2.04. The minimum Gasteiger partial charge on any atom is -0.344 e. The Labute approximate surface area is 124 Å². The molecule has 0 bridgehead atoms. The van der Waals surface area contributed by atoms with Crippen molar-refractivity contribution in [3.63, 3.8) is 0 Å². The van der Waals surface area contributed by atoms with E-state index in [0.29, 0.717) is 27.0 Å². The number of benzene rings is 1. The summed E-state index contributed by atoms with van der Waals surface area (Å²) in [6.45, 7) is 0. The molecule has 0 aliphatic heterocycles. The molecule has 0 saturated heterocycles. The van der Waals surface area contributed by atoms with Crippen LogP contribution >= 0.6 is 23.2 Å². The first-order valence-corrected chi connectivity index (χ1v) is 6.58. The van der Waals surface area contributed by atoms with Crippen LogP contribution in [0, 0.1) is 0 Å². The number of aromatic amines is 2. The summed E-state index contributed by atoms with van der Waals surface area (Å²) in [4.78, 5) is 21.7. The minimum atomic E-state index is -0.210. The molecule has 0 aliphatic rings. The van der Waals surface area contributed by atoms with Crippen LogP contribution in [-0.4, -0.2) is 15.0 Å². The first kappa shape index (κ1) is 13.0. The van der Waals surface area contributed by atoms with Gasteiger partial charge in [0.25, 0.3) is 5.56 Å². The molecule has 0 aliphatic carbocycles. The summed E-state index contributed by atoms with van der Waals surface area (Å²) in [5.74, 6) is 0. The second kappa shape index (κ2) is 5.15. The van der Waals surface area contributed by atoms with Crippen molar-refractivity contribution in [1.82, 2.24) is 15.0 Å². The Bertz CT molecular complexity index is 810. The Balaban J connectivity index is 2.09. The maximum Gasteiger partial charge on any atom is 0.257 e. The molecule has 2 aromatic heterocycles. The second-order valence-corrected chi connectivity index (χ2v) is 5.05. The van der Waals surface area contributed by atoms with Crippen LogP contribution in [0.4, 0.5) is 0 Å². The Morgan fingerprint density at radius 1 is 1.00 bits per heavy atom. The number of hydrogen-bond donors (Lipinski definition) is 2. The van der Waals surface area contributed by atoms with Gasteiger partial charge in [0.15, 0.2) is 0 Å². The fourth-order valence-corrected chi connectivity index (χ4v) is 2.46. The zero-order valence-electron chi connectivity index (χ0n) is 10.2. The van der Waals surface area contributed by atoms with Gasteiger partial charge in [0.05, 0.1) is 28.8 Å². The summed E-state index contributed by atoms with van der Waals surface area (Å²) < 4.78 is 0. The first-order chi connectivity index (χ1) is 9.65. The fraction of sp³-hybridized carbons (Fsp3) is 0. The quantitative estimate of drug-likeness (QED) is 0.757. The molecule has 6 heteroatoms. The highest BCUT2D eigenvalue weighted by atomic mass is 35.5. The number of halogens is 2. The highest BCUT2D eigenvalue weighted by Crippen LogP contribution is 2.29. The summed E-state index contributed by atoms with van der Waals surface area (Å²) in [6.07, 6.45) is 3.12. The van der Waals surface area contributed by atoms with Crippen LogP contribution in [0.15, 0.2) is 47.7 Å². The van der Waals surface area contributed by atoms with Crippen LogP contribution < -0.4 is 5.56 Å². The molecule has 0 radical (unpaired) electrons. The van der Waals surface area contributed by atoms with Crippen LogP contribution in [0.5, 0.6) is 0 Å². The van der Waals surface area contributed by atoms with Gasteiger partial charge in [0, 0.05) is 16.3 Å². The lowest BCUT2D eigenvalue weighted by Crippen LogP contribution is -2.09. The van der Waals surface area contributed by atoms with Gasteiger partial charge in [-0.2, -0.15) is 0 Å². The summed E-state index contributed by atoms with van der Waals surface area (Å²) in [6, 6.07) is 8.66. The Morgan fingerprint density at radius 2 is 1.80 bits per heavy atom. The lowest BCUT2D eigenvalue weighted by molar-refractivity contribution is 1.23. The molecular weight excluding hydrogens is 297 g/mol. The lowest BCUT2D eigenvalue weighted by Gasteiger charge is -2.06. The molecule has 0 amide bonds. The fourth-order valence-electron chi connectivity index (χ4n) is 1.95. The van der Waals surface area contributed by atoms with Gasteiger partial charge in [0.2, 0.25) is 0 Å². The number of nitrogens with zero attached hydrogens (tertiary/aromatic N) is 1. The topological polar surface area (TPSA) is 61.5 Å². The van der Waals surface area contributed by atoms with Gasteiger partial charge < -0.3 is 9.97 Å². The van der Waals surface area contributed by atoms with Gasteiger partial charge in [-0.3, -0.25) is 4.79 Å². The molecule has 4 nitrogen and oxygen atoms in total. The Morgan fingerprint density at radius 3 is 2.45 bits per heavy atom. The summed E-state index contributed by atoms with van der Waals surface area (Å²) in [7, 11) is 0. The molecule has 1 aromatic carbocycles. The van der Waals surface area contributed by atoms with E-state index in [1.807, 2.05) is 0 Å². The Kier molecular flexibility index (Phi) is 3.34. The van der Waals surface area contributed by atoms with Crippen molar-refractivity contribution >= 4 is 23.2 Å². The molecule has 100 valence electrons. The van der Waals surface area contributed by atoms with Gasteiger partial charge >= 0.3 is 0 Å². The summed E-state index contributed by atoms with van der Waals surface area (Å²) in [5.41, 5.74) is 2.35. The average molecular weight is 306 g/mol. The number of rotatable bonds is 2. The monoisotopic (exact) mass is 305 g/mol. The first-order valence-electron chi connectivity index (χ1n) is 5.82. The molecule has 0 saturated carbocycles. The van der Waals surface area contributed by atoms with Crippen LogP contribution in [-0.2, 0) is 0 Å². The molecule has 20 heavy (non-hydrogen) atoms. The molecule has 0 spiro atoms. The van der Waals surface area contributed by atoms with E-state index in [1.54, 1.807) is 36.5 Å². The molecule has 0 fully saturated rings. The summed E-state index contributed by atoms with van der Waals surface area (Å²) in [5, 5.41) is 1.04. The average Bonchev–Trinajstić information content (AvgIpc) is 2.92. The van der Waals surface area contributed by atoms with E-state index in [2.05, 4.69) is 15.0 Å². The molecule has 0 atom stereocenters. The van der Waals surface area contributed by atoms with Crippen LogP contribution in [0.3, 0.4) is 0 Å². The van der Waals surface area contributed by atoms with Crippen LogP contribution in [0.1, 0.15) is 0 Å². The van der Waals surface area contributed by atoms with Crippen molar-refractivity contribution in [3.8, 4) is 22.5 Å². The van der Waals surface area contributed by atoms with E-state index in [9.17, 15) is 4.79 Å². The number of aromatic nitrogens is 3. The van der Waals surface area contributed by atoms with Crippen molar-refractivity contribution < 1.29 is 0 Å². The van der Waals surface area contributed by atoms with E-state index >= 15 is 0 Å². The van der Waals surface area contributed by atoms with Crippen molar-refractivity contribution in [1.29, 1.82) is 0 Å². The third kappa shape index (κ3) is 2.35. The largest absolute Gasteiger partial charge is 0.344 e. The van der Waals surface area contributed by atoms with Gasteiger partial charge in [-0.25, -0.2) is 4.98 Å². The molecule has 3 rings (SSSR count). The number of hydrogen-bond acceptors (Lipinski definition) is 2. The van der Waals surface area contributed by atoms with Gasteiger partial charge in [-0.15, -0.1) is 0 Å². The van der Waals surface area contributed by atoms with E-state index in [1.165, 1.54) is 6.33 Å². The van der Waals surface area contributed by atoms with E-state index in [0.717, 1.165) is 5.56 Å². The summed E-state index contributed by atoms with van der Waals surface area (Å²) >= 11 is 12.0. The van der Waals surface area contributed by atoms with Crippen LogP contribution in [0.25, 0.3) is 22.5 Å². The van der Waals surface area contributed by atoms with Crippen LogP contribution in [0.2, 0.25) is 10.0 Å². The zero-order chi connectivity index (χ0) is 14.1. The predicted octanol–water partition coefficient (Wildman–Crippen LogP) is 3.74. The molecule has 3 aromatic rings. The number of H-pyrrole nitrogens is 2. The van der Waals surface area contributed by atoms with Crippen molar-refractivity contribution in [3.05, 3.63) is 63.3 Å². The van der Waals surface area contributed by atoms with E-state index < -0.39 is 0 Å². The molecular formula is C14H9Cl2N3O.